The van der Waals surface area contributed by atoms with E-state index in [0.29, 0.717) is 0 Å². The minimum absolute atomic E-state index is 0.00986. The Kier molecular flexibility index (Phi) is 6.99. The lowest BCUT2D eigenvalue weighted by Gasteiger charge is -2.48. The summed E-state index contributed by atoms with van der Waals surface area (Å²) >= 11 is 0. The van der Waals surface area contributed by atoms with Crippen LogP contribution in [-0.4, -0.2) is 37.1 Å². The largest absolute Gasteiger partial charge is 0.364 e. The zero-order valence-electron chi connectivity index (χ0n) is 18.5. The van der Waals surface area contributed by atoms with Crippen LogP contribution in [0.4, 0.5) is 8.78 Å². The van der Waals surface area contributed by atoms with Crippen molar-refractivity contribution in [3.05, 3.63) is 108 Å². The summed E-state index contributed by atoms with van der Waals surface area (Å²) in [4.78, 5) is 0. The number of benzene rings is 3. The number of rotatable bonds is 7. The fourth-order valence-electron chi connectivity index (χ4n) is 4.18. The Bertz CT molecular complexity index is 1030. The van der Waals surface area contributed by atoms with Crippen LogP contribution in [0.3, 0.4) is 0 Å². The third-order valence-electron chi connectivity index (χ3n) is 5.94. The highest BCUT2D eigenvalue weighted by molar-refractivity contribution is 5.17. The van der Waals surface area contributed by atoms with Gasteiger partial charge in [-0.05, 0) is 11.1 Å². The summed E-state index contributed by atoms with van der Waals surface area (Å²) in [6.07, 6.45) is -5.96. The first-order valence-corrected chi connectivity index (χ1v) is 11.3. The highest BCUT2D eigenvalue weighted by atomic mass is 19.3. The van der Waals surface area contributed by atoms with Gasteiger partial charge in [-0.1, -0.05) is 91.0 Å². The Morgan fingerprint density at radius 2 is 1.29 bits per heavy atom. The highest BCUT2D eigenvalue weighted by Crippen LogP contribution is 2.43. The van der Waals surface area contributed by atoms with Crippen molar-refractivity contribution >= 4 is 0 Å². The van der Waals surface area contributed by atoms with E-state index in [1.165, 1.54) is 0 Å². The van der Waals surface area contributed by atoms with Crippen LogP contribution in [0, 0.1) is 0 Å². The molecule has 0 saturated carbocycles. The van der Waals surface area contributed by atoms with Crippen molar-refractivity contribution < 1.29 is 32.5 Å². The molecule has 0 bridgehead atoms. The number of fused-ring (bicyclic) bond motifs is 1. The van der Waals surface area contributed by atoms with Crippen molar-refractivity contribution in [2.24, 2.45) is 0 Å². The molecule has 2 heterocycles. The van der Waals surface area contributed by atoms with Crippen LogP contribution < -0.4 is 0 Å². The van der Waals surface area contributed by atoms with E-state index in [-0.39, 0.29) is 19.8 Å². The molecule has 0 aliphatic carbocycles. The molecular formula is C27H26F2O5. The highest BCUT2D eigenvalue weighted by Gasteiger charge is 2.62. The van der Waals surface area contributed by atoms with Crippen LogP contribution in [0.1, 0.15) is 23.0 Å². The maximum Gasteiger partial charge on any atom is 0.326 e. The molecule has 2 saturated heterocycles. The molecule has 2 aliphatic rings. The first-order valence-electron chi connectivity index (χ1n) is 11.3. The second-order valence-corrected chi connectivity index (χ2v) is 8.37. The fraction of sp³-hybridized carbons (Fsp3) is 0.333. The van der Waals surface area contributed by atoms with Gasteiger partial charge in [-0.2, -0.15) is 8.78 Å². The van der Waals surface area contributed by atoms with Crippen molar-refractivity contribution in [1.82, 2.24) is 0 Å². The van der Waals surface area contributed by atoms with E-state index in [1.54, 1.807) is 0 Å². The molecule has 5 atom stereocenters. The molecule has 178 valence electrons. The Labute approximate surface area is 197 Å². The summed E-state index contributed by atoms with van der Waals surface area (Å²) in [7, 11) is 0. The van der Waals surface area contributed by atoms with Gasteiger partial charge in [0, 0.05) is 5.56 Å². The zero-order chi connectivity index (χ0) is 23.4. The van der Waals surface area contributed by atoms with Gasteiger partial charge < -0.3 is 23.7 Å². The summed E-state index contributed by atoms with van der Waals surface area (Å²) in [5.41, 5.74) is 2.30. The molecular weight excluding hydrogens is 442 g/mol. The summed E-state index contributed by atoms with van der Waals surface area (Å²) in [6.45, 7) is 0.0743. The number of alkyl halides is 2. The van der Waals surface area contributed by atoms with Crippen molar-refractivity contribution in [2.75, 3.05) is 6.61 Å². The first-order chi connectivity index (χ1) is 16.6. The Morgan fingerprint density at radius 1 is 0.735 bits per heavy atom. The second-order valence-electron chi connectivity index (χ2n) is 8.37. The zero-order valence-corrected chi connectivity index (χ0v) is 18.5. The number of ether oxygens (including phenoxy) is 5. The van der Waals surface area contributed by atoms with Crippen LogP contribution in [-0.2, 0) is 36.9 Å². The van der Waals surface area contributed by atoms with Crippen molar-refractivity contribution in [3.63, 3.8) is 0 Å². The maximum atomic E-state index is 15.7. The SMILES string of the molecule is FC1(F)C(OCc2ccccc2)O[C@@H]2COC(c3ccccc3)O[C@H]2[C@@H]1OCc1ccccc1. The standard InChI is InChI=1S/C27H26F2O5/c28-27(29)24(30-16-19-10-4-1-5-11-19)23-22(18-31-25(34-23)21-14-8-3-9-15-21)33-26(27)32-17-20-12-6-2-7-13-20/h1-15,22-26H,16-18H2/t22-,23-,24+,25?,26?/m1/s1. The molecule has 0 radical (unpaired) electrons. The molecule has 3 aromatic carbocycles. The number of hydrogen-bond acceptors (Lipinski definition) is 5. The molecule has 0 spiro atoms. The van der Waals surface area contributed by atoms with E-state index in [1.807, 2.05) is 91.0 Å². The predicted molar refractivity (Wildman–Crippen MR) is 120 cm³/mol. The molecule has 0 aromatic heterocycles. The van der Waals surface area contributed by atoms with Gasteiger partial charge in [0.15, 0.2) is 12.4 Å². The van der Waals surface area contributed by atoms with E-state index in [9.17, 15) is 0 Å². The van der Waals surface area contributed by atoms with Gasteiger partial charge in [-0.25, -0.2) is 0 Å². The van der Waals surface area contributed by atoms with E-state index in [2.05, 4.69) is 0 Å². The van der Waals surface area contributed by atoms with Crippen LogP contribution >= 0.6 is 0 Å². The van der Waals surface area contributed by atoms with Crippen LogP contribution in [0.15, 0.2) is 91.0 Å². The molecule has 5 nitrogen and oxygen atoms in total. The quantitative estimate of drug-likeness (QED) is 0.473. The molecule has 0 N–H and O–H groups in total. The third kappa shape index (κ3) is 5.04. The predicted octanol–water partition coefficient (Wildman–Crippen LogP) is 5.26. The summed E-state index contributed by atoms with van der Waals surface area (Å²) in [6, 6.07) is 27.5. The Balaban J connectivity index is 1.37. The monoisotopic (exact) mass is 468 g/mol. The molecule has 7 heteroatoms. The topological polar surface area (TPSA) is 46.2 Å². The molecule has 5 rings (SSSR count). The molecule has 2 unspecified atom stereocenters. The Morgan fingerprint density at radius 3 is 1.91 bits per heavy atom. The van der Waals surface area contributed by atoms with Gasteiger partial charge in [-0.3, -0.25) is 0 Å². The molecule has 2 aliphatic heterocycles. The van der Waals surface area contributed by atoms with Gasteiger partial charge in [0.2, 0.25) is 6.29 Å². The van der Waals surface area contributed by atoms with Crippen LogP contribution in [0.25, 0.3) is 0 Å². The smallest absolute Gasteiger partial charge is 0.326 e. The lowest BCUT2D eigenvalue weighted by Crippen LogP contribution is -2.66. The molecule has 2 fully saturated rings. The minimum atomic E-state index is -3.46. The van der Waals surface area contributed by atoms with Crippen molar-refractivity contribution in [3.8, 4) is 0 Å². The lowest BCUT2D eigenvalue weighted by atomic mass is 9.96. The average Bonchev–Trinajstić information content (AvgIpc) is 2.88. The van der Waals surface area contributed by atoms with Gasteiger partial charge >= 0.3 is 5.92 Å². The second kappa shape index (κ2) is 10.3. The number of halogens is 2. The van der Waals surface area contributed by atoms with Crippen molar-refractivity contribution in [2.45, 2.75) is 50.0 Å². The van der Waals surface area contributed by atoms with Gasteiger partial charge in [0.05, 0.1) is 19.8 Å². The van der Waals surface area contributed by atoms with Gasteiger partial charge in [-0.15, -0.1) is 0 Å². The van der Waals surface area contributed by atoms with Crippen LogP contribution in [0.2, 0.25) is 0 Å². The maximum absolute atomic E-state index is 15.7. The van der Waals surface area contributed by atoms with Gasteiger partial charge in [0.1, 0.15) is 12.2 Å². The summed E-state index contributed by atoms with van der Waals surface area (Å²) in [5, 5.41) is 0. The summed E-state index contributed by atoms with van der Waals surface area (Å²) in [5.74, 6) is -3.46. The summed E-state index contributed by atoms with van der Waals surface area (Å²) < 4.78 is 60.4. The van der Waals surface area contributed by atoms with E-state index in [0.717, 1.165) is 16.7 Å². The first kappa shape index (κ1) is 23.1. The molecule has 0 amide bonds. The van der Waals surface area contributed by atoms with Crippen LogP contribution in [0.5, 0.6) is 0 Å². The average molecular weight is 468 g/mol. The van der Waals surface area contributed by atoms with E-state index < -0.39 is 36.8 Å². The van der Waals surface area contributed by atoms with E-state index in [4.69, 9.17) is 23.7 Å². The Hall–Kier alpha value is -2.68. The minimum Gasteiger partial charge on any atom is -0.364 e. The lowest BCUT2D eigenvalue weighted by molar-refractivity contribution is -0.405. The molecule has 3 aromatic rings. The van der Waals surface area contributed by atoms with E-state index >= 15 is 8.78 Å². The number of hydrogen-bond donors (Lipinski definition) is 0. The fourth-order valence-corrected chi connectivity index (χ4v) is 4.18. The van der Waals surface area contributed by atoms with Gasteiger partial charge in [0.25, 0.3) is 0 Å². The molecule has 34 heavy (non-hydrogen) atoms. The third-order valence-corrected chi connectivity index (χ3v) is 5.94. The normalized spacial score (nSPS) is 28.2. The van der Waals surface area contributed by atoms with Crippen molar-refractivity contribution in [1.29, 1.82) is 0 Å².